The highest BCUT2D eigenvalue weighted by molar-refractivity contribution is 7.92. The fourth-order valence-electron chi connectivity index (χ4n) is 4.85. The van der Waals surface area contributed by atoms with Crippen LogP contribution >= 0.6 is 0 Å². The first-order valence-electron chi connectivity index (χ1n) is 13.0. The van der Waals surface area contributed by atoms with E-state index in [1.165, 1.54) is 25.2 Å². The molecule has 0 spiro atoms. The van der Waals surface area contributed by atoms with Gasteiger partial charge in [-0.05, 0) is 49.1 Å². The summed E-state index contributed by atoms with van der Waals surface area (Å²) in [5, 5.41) is 3.10. The molecule has 1 aliphatic rings. The Kier molecular flexibility index (Phi) is 10.4. The zero-order chi connectivity index (χ0) is 28.6. The minimum atomic E-state index is -3.88. The maximum atomic E-state index is 13.9. The molecular formula is C28H39N3O7S. The normalized spacial score (nSPS) is 14.4. The van der Waals surface area contributed by atoms with Gasteiger partial charge in [0.2, 0.25) is 21.8 Å². The summed E-state index contributed by atoms with van der Waals surface area (Å²) in [4.78, 5) is 28.8. The maximum absolute atomic E-state index is 13.9. The van der Waals surface area contributed by atoms with Crippen LogP contribution in [0.2, 0.25) is 0 Å². The molecule has 2 aromatic carbocycles. The van der Waals surface area contributed by atoms with Gasteiger partial charge in [0.1, 0.15) is 18.3 Å². The summed E-state index contributed by atoms with van der Waals surface area (Å²) in [5.41, 5.74) is 1.00. The van der Waals surface area contributed by atoms with Gasteiger partial charge in [-0.1, -0.05) is 31.9 Å². The van der Waals surface area contributed by atoms with Crippen LogP contribution in [0.15, 0.2) is 42.5 Å². The summed E-state index contributed by atoms with van der Waals surface area (Å²) < 4.78 is 42.7. The number of carbonyl (C=O) groups excluding carboxylic acids is 2. The van der Waals surface area contributed by atoms with Crippen LogP contribution in [0.25, 0.3) is 0 Å². The Labute approximate surface area is 231 Å². The van der Waals surface area contributed by atoms with Crippen molar-refractivity contribution in [3.05, 3.63) is 48.0 Å². The highest BCUT2D eigenvalue weighted by atomic mass is 32.2. The number of hydrogen-bond donors (Lipinski definition) is 1. The number of sulfonamides is 1. The van der Waals surface area contributed by atoms with E-state index in [0.29, 0.717) is 23.7 Å². The van der Waals surface area contributed by atoms with Crippen molar-refractivity contribution in [1.82, 2.24) is 10.2 Å². The number of ether oxygens (including phenoxy) is 3. The van der Waals surface area contributed by atoms with Gasteiger partial charge in [0.05, 0.1) is 33.3 Å². The first kappa shape index (κ1) is 30.1. The summed E-state index contributed by atoms with van der Waals surface area (Å²) in [5.74, 6) is 0.623. The molecule has 1 atom stereocenters. The molecule has 0 aliphatic heterocycles. The van der Waals surface area contributed by atoms with E-state index in [-0.39, 0.29) is 24.2 Å². The number of methoxy groups -OCH3 is 3. The lowest BCUT2D eigenvalue weighted by Crippen LogP contribution is -2.53. The standard InChI is InChI=1S/C28H39N3O7S/c1-6-24(28(33)29-21-11-7-8-12-21)30(18-20-10-9-13-23(16-20)36-2)27(32)19-31(39(5,34)35)22-14-15-25(37-3)26(17-22)38-4/h9-10,13-17,21,24H,6-8,11-12,18-19H2,1-5H3,(H,29,33). The van der Waals surface area contributed by atoms with Gasteiger partial charge < -0.3 is 24.4 Å². The van der Waals surface area contributed by atoms with Crippen molar-refractivity contribution >= 4 is 27.5 Å². The highest BCUT2D eigenvalue weighted by Gasteiger charge is 2.33. The van der Waals surface area contributed by atoms with E-state index in [2.05, 4.69) is 5.32 Å². The second-order valence-electron chi connectivity index (χ2n) is 9.60. The number of nitrogens with zero attached hydrogens (tertiary/aromatic N) is 2. The molecule has 2 aromatic rings. The van der Waals surface area contributed by atoms with Gasteiger partial charge in [-0.2, -0.15) is 0 Å². The molecule has 1 saturated carbocycles. The van der Waals surface area contributed by atoms with Gasteiger partial charge in [-0.25, -0.2) is 8.42 Å². The lowest BCUT2D eigenvalue weighted by atomic mass is 10.1. The van der Waals surface area contributed by atoms with Crippen LogP contribution in [0.1, 0.15) is 44.6 Å². The number of hydrogen-bond acceptors (Lipinski definition) is 7. The molecule has 0 bridgehead atoms. The van der Waals surface area contributed by atoms with E-state index >= 15 is 0 Å². The van der Waals surface area contributed by atoms with Crippen LogP contribution in [0, 0.1) is 0 Å². The van der Waals surface area contributed by atoms with Crippen molar-refractivity contribution in [1.29, 1.82) is 0 Å². The third kappa shape index (κ3) is 7.78. The molecule has 11 heteroatoms. The predicted molar refractivity (Wildman–Crippen MR) is 150 cm³/mol. The molecule has 1 fully saturated rings. The molecule has 0 aromatic heterocycles. The molecule has 214 valence electrons. The number of anilines is 1. The smallest absolute Gasteiger partial charge is 0.244 e. The van der Waals surface area contributed by atoms with Crippen LogP contribution in [-0.4, -0.2) is 71.3 Å². The quantitative estimate of drug-likeness (QED) is 0.399. The van der Waals surface area contributed by atoms with Crippen molar-refractivity contribution in [3.63, 3.8) is 0 Å². The van der Waals surface area contributed by atoms with Crippen LogP contribution in [-0.2, 0) is 26.2 Å². The van der Waals surface area contributed by atoms with Crippen LogP contribution in [0.4, 0.5) is 5.69 Å². The Morgan fingerprint density at radius 2 is 1.69 bits per heavy atom. The third-order valence-corrected chi connectivity index (χ3v) is 8.05. The number of rotatable bonds is 13. The number of nitrogens with one attached hydrogen (secondary N) is 1. The first-order chi connectivity index (χ1) is 18.6. The minimum absolute atomic E-state index is 0.0830. The van der Waals surface area contributed by atoms with Gasteiger partial charge in [0, 0.05) is 18.7 Å². The summed E-state index contributed by atoms with van der Waals surface area (Å²) in [6, 6.07) is 11.2. The van der Waals surface area contributed by atoms with E-state index in [1.54, 1.807) is 31.4 Å². The zero-order valence-electron chi connectivity index (χ0n) is 23.3. The van der Waals surface area contributed by atoms with Crippen molar-refractivity contribution in [2.75, 3.05) is 38.4 Å². The minimum Gasteiger partial charge on any atom is -0.497 e. The van der Waals surface area contributed by atoms with Crippen molar-refractivity contribution in [3.8, 4) is 17.2 Å². The van der Waals surface area contributed by atoms with Crippen LogP contribution in [0.3, 0.4) is 0 Å². The van der Waals surface area contributed by atoms with Crippen LogP contribution < -0.4 is 23.8 Å². The predicted octanol–water partition coefficient (Wildman–Crippen LogP) is 3.34. The summed E-state index contributed by atoms with van der Waals surface area (Å²) in [6.07, 6.45) is 5.34. The SMILES string of the molecule is CCC(C(=O)NC1CCCC1)N(Cc1cccc(OC)c1)C(=O)CN(c1ccc(OC)c(OC)c1)S(C)(=O)=O. The second kappa shape index (κ2) is 13.5. The third-order valence-electron chi connectivity index (χ3n) is 6.91. The fraction of sp³-hybridized carbons (Fsp3) is 0.500. The molecule has 0 saturated heterocycles. The van der Waals surface area contributed by atoms with Crippen LogP contribution in [0.5, 0.6) is 17.2 Å². The van der Waals surface area contributed by atoms with E-state index in [0.717, 1.165) is 41.8 Å². The Balaban J connectivity index is 1.96. The zero-order valence-corrected chi connectivity index (χ0v) is 24.1. The lowest BCUT2D eigenvalue weighted by Gasteiger charge is -2.33. The Hall–Kier alpha value is -3.47. The number of amides is 2. The highest BCUT2D eigenvalue weighted by Crippen LogP contribution is 2.32. The van der Waals surface area contributed by atoms with Gasteiger partial charge in [0.25, 0.3) is 0 Å². The molecule has 10 nitrogen and oxygen atoms in total. The molecule has 1 N–H and O–H groups in total. The van der Waals surface area contributed by atoms with Crippen molar-refractivity contribution in [2.24, 2.45) is 0 Å². The van der Waals surface area contributed by atoms with E-state index in [4.69, 9.17) is 14.2 Å². The molecule has 39 heavy (non-hydrogen) atoms. The average molecular weight is 562 g/mol. The van der Waals surface area contributed by atoms with Crippen molar-refractivity contribution in [2.45, 2.75) is 57.7 Å². The Morgan fingerprint density at radius 1 is 1.00 bits per heavy atom. The van der Waals surface area contributed by atoms with Gasteiger partial charge in [-0.3, -0.25) is 13.9 Å². The molecule has 1 aliphatic carbocycles. The fourth-order valence-corrected chi connectivity index (χ4v) is 5.69. The van der Waals surface area contributed by atoms with Gasteiger partial charge >= 0.3 is 0 Å². The summed E-state index contributed by atoms with van der Waals surface area (Å²) in [7, 11) is 0.604. The van der Waals surface area contributed by atoms with E-state index in [9.17, 15) is 18.0 Å². The molecule has 1 unspecified atom stereocenters. The van der Waals surface area contributed by atoms with E-state index in [1.807, 2.05) is 19.1 Å². The Morgan fingerprint density at radius 3 is 2.28 bits per heavy atom. The number of carbonyl (C=O) groups is 2. The molecule has 2 amide bonds. The summed E-state index contributed by atoms with van der Waals surface area (Å²) in [6.45, 7) is 1.45. The second-order valence-corrected chi connectivity index (χ2v) is 11.5. The maximum Gasteiger partial charge on any atom is 0.244 e. The number of benzene rings is 2. The van der Waals surface area contributed by atoms with Crippen molar-refractivity contribution < 1.29 is 32.2 Å². The Bertz CT molecular complexity index is 1250. The summed E-state index contributed by atoms with van der Waals surface area (Å²) >= 11 is 0. The lowest BCUT2D eigenvalue weighted by molar-refractivity contribution is -0.140. The average Bonchev–Trinajstić information content (AvgIpc) is 3.43. The molecule has 3 rings (SSSR count). The monoisotopic (exact) mass is 561 g/mol. The largest absolute Gasteiger partial charge is 0.497 e. The molecule has 0 radical (unpaired) electrons. The molecule has 0 heterocycles. The topological polar surface area (TPSA) is 114 Å². The molecular weight excluding hydrogens is 522 g/mol. The van der Waals surface area contributed by atoms with Gasteiger partial charge in [0.15, 0.2) is 11.5 Å². The van der Waals surface area contributed by atoms with E-state index < -0.39 is 28.5 Å². The van der Waals surface area contributed by atoms with Gasteiger partial charge in [-0.15, -0.1) is 0 Å². The first-order valence-corrected chi connectivity index (χ1v) is 14.9.